The molecule has 0 atom stereocenters. The molecule has 0 radical (unpaired) electrons. The molecule has 116 valence electrons. The summed E-state index contributed by atoms with van der Waals surface area (Å²) in [5.41, 5.74) is 5.16. The average molecular weight is 287 g/mol. The molecule has 1 aromatic carbocycles. The second kappa shape index (κ2) is 5.24. The molecule has 0 aliphatic heterocycles. The highest BCUT2D eigenvalue weighted by Gasteiger charge is 2.34. The third-order valence-electron chi connectivity index (χ3n) is 4.61. The van der Waals surface area contributed by atoms with Crippen molar-refractivity contribution >= 4 is 5.78 Å². The molecule has 0 N–H and O–H groups in total. The maximum atomic E-state index is 12.7. The summed E-state index contributed by atoms with van der Waals surface area (Å²) in [6.45, 7) is 11.7. The zero-order chi connectivity index (χ0) is 16.0. The molecule has 0 bridgehead atoms. The van der Waals surface area contributed by atoms with Gasteiger partial charge in [-0.1, -0.05) is 40.7 Å². The van der Waals surface area contributed by atoms with E-state index in [0.717, 1.165) is 18.4 Å². The SMILES string of the molecule is CN(C)CC(=O)c1cc(C(C)(C)C)cc2c1CCC2(C)C. The topological polar surface area (TPSA) is 20.3 Å². The standard InChI is InChI=1S/C19H29NO/c1-18(2,3)13-10-15(17(21)12-20(6)7)14-8-9-19(4,5)16(14)11-13/h10-11H,8-9,12H2,1-7H3. The highest BCUT2D eigenvalue weighted by molar-refractivity contribution is 5.99. The Kier molecular flexibility index (Phi) is 4.05. The normalized spacial score (nSPS) is 17.1. The molecule has 1 aliphatic rings. The number of benzene rings is 1. The summed E-state index contributed by atoms with van der Waals surface area (Å²) in [5.74, 6) is 0.250. The minimum absolute atomic E-state index is 0.0703. The first-order chi connectivity index (χ1) is 9.52. The lowest BCUT2D eigenvalue weighted by molar-refractivity contribution is 0.0957. The van der Waals surface area contributed by atoms with Gasteiger partial charge in [-0.25, -0.2) is 0 Å². The maximum absolute atomic E-state index is 12.7. The molecule has 0 fully saturated rings. The van der Waals surface area contributed by atoms with Crippen LogP contribution in [0.15, 0.2) is 12.1 Å². The Bertz CT molecular complexity index is 562. The van der Waals surface area contributed by atoms with Gasteiger partial charge in [0.25, 0.3) is 0 Å². The van der Waals surface area contributed by atoms with Crippen LogP contribution in [-0.2, 0) is 17.3 Å². The number of hydrogen-bond acceptors (Lipinski definition) is 2. The van der Waals surface area contributed by atoms with Crippen molar-refractivity contribution < 1.29 is 4.79 Å². The Morgan fingerprint density at radius 3 is 2.38 bits per heavy atom. The summed E-state index contributed by atoms with van der Waals surface area (Å²) in [6, 6.07) is 4.49. The molecule has 0 amide bonds. The first kappa shape index (κ1) is 16.2. The number of rotatable bonds is 3. The van der Waals surface area contributed by atoms with E-state index in [0.29, 0.717) is 6.54 Å². The number of carbonyl (C=O) groups is 1. The van der Waals surface area contributed by atoms with Gasteiger partial charge in [-0.05, 0) is 60.5 Å². The minimum atomic E-state index is 0.0703. The van der Waals surface area contributed by atoms with E-state index in [1.165, 1.54) is 16.7 Å². The van der Waals surface area contributed by atoms with Crippen molar-refractivity contribution in [3.05, 3.63) is 34.4 Å². The molecule has 0 saturated carbocycles. The van der Waals surface area contributed by atoms with E-state index in [1.54, 1.807) is 0 Å². The third-order valence-corrected chi connectivity index (χ3v) is 4.61. The fourth-order valence-electron chi connectivity index (χ4n) is 3.17. The summed E-state index contributed by atoms with van der Waals surface area (Å²) in [6.07, 6.45) is 2.17. The average Bonchev–Trinajstić information content (AvgIpc) is 2.62. The second-order valence-electron chi connectivity index (χ2n) is 8.34. The van der Waals surface area contributed by atoms with Gasteiger partial charge in [0, 0.05) is 5.56 Å². The van der Waals surface area contributed by atoms with Gasteiger partial charge < -0.3 is 4.90 Å². The highest BCUT2D eigenvalue weighted by atomic mass is 16.1. The van der Waals surface area contributed by atoms with E-state index in [-0.39, 0.29) is 16.6 Å². The minimum Gasteiger partial charge on any atom is -0.302 e. The molecule has 0 saturated heterocycles. The molecule has 21 heavy (non-hydrogen) atoms. The number of Topliss-reactive ketones (excluding diaryl/α,β-unsaturated/α-hetero) is 1. The molecule has 2 rings (SSSR count). The van der Waals surface area contributed by atoms with Gasteiger partial charge in [-0.3, -0.25) is 4.79 Å². The van der Waals surface area contributed by atoms with Gasteiger partial charge >= 0.3 is 0 Å². The van der Waals surface area contributed by atoms with Crippen LogP contribution in [0.5, 0.6) is 0 Å². The third kappa shape index (κ3) is 3.21. The number of ketones is 1. The van der Waals surface area contributed by atoms with Crippen LogP contribution in [-0.4, -0.2) is 31.3 Å². The van der Waals surface area contributed by atoms with E-state index in [2.05, 4.69) is 46.8 Å². The van der Waals surface area contributed by atoms with Crippen LogP contribution in [0.1, 0.15) is 68.1 Å². The quantitative estimate of drug-likeness (QED) is 0.785. The van der Waals surface area contributed by atoms with E-state index in [4.69, 9.17) is 0 Å². The molecule has 2 nitrogen and oxygen atoms in total. The maximum Gasteiger partial charge on any atom is 0.177 e. The molecule has 0 heterocycles. The summed E-state index contributed by atoms with van der Waals surface area (Å²) in [7, 11) is 3.91. The first-order valence-corrected chi connectivity index (χ1v) is 7.88. The van der Waals surface area contributed by atoms with E-state index < -0.39 is 0 Å². The monoisotopic (exact) mass is 287 g/mol. The van der Waals surface area contributed by atoms with Gasteiger partial charge in [0.2, 0.25) is 0 Å². The van der Waals surface area contributed by atoms with Crippen molar-refractivity contribution in [2.75, 3.05) is 20.6 Å². The lowest BCUT2D eigenvalue weighted by atomic mass is 9.79. The van der Waals surface area contributed by atoms with Crippen LogP contribution < -0.4 is 0 Å². The summed E-state index contributed by atoms with van der Waals surface area (Å²) < 4.78 is 0. The second-order valence-corrected chi connectivity index (χ2v) is 8.34. The molecule has 1 aromatic rings. The number of nitrogens with zero attached hydrogens (tertiary/aromatic N) is 1. The number of fused-ring (bicyclic) bond motifs is 1. The molecule has 1 aliphatic carbocycles. The van der Waals surface area contributed by atoms with Gasteiger partial charge in [-0.2, -0.15) is 0 Å². The Morgan fingerprint density at radius 1 is 1.24 bits per heavy atom. The fraction of sp³-hybridized carbons (Fsp3) is 0.632. The molecule has 0 unspecified atom stereocenters. The zero-order valence-electron chi connectivity index (χ0n) is 14.6. The molecular formula is C19H29NO. The highest BCUT2D eigenvalue weighted by Crippen LogP contribution is 2.42. The van der Waals surface area contributed by atoms with Crippen molar-refractivity contribution in [1.82, 2.24) is 4.90 Å². The van der Waals surface area contributed by atoms with Crippen LogP contribution in [0.3, 0.4) is 0 Å². The number of carbonyl (C=O) groups excluding carboxylic acids is 1. The smallest absolute Gasteiger partial charge is 0.177 e. The number of likely N-dealkylation sites (N-methyl/N-ethyl adjacent to an activating group) is 1. The van der Waals surface area contributed by atoms with Crippen LogP contribution in [0.4, 0.5) is 0 Å². The van der Waals surface area contributed by atoms with Crippen LogP contribution in [0.25, 0.3) is 0 Å². The predicted molar refractivity (Wildman–Crippen MR) is 89.4 cm³/mol. The molecule has 0 aromatic heterocycles. The molecule has 0 spiro atoms. The van der Waals surface area contributed by atoms with Gasteiger partial charge in [-0.15, -0.1) is 0 Å². The first-order valence-electron chi connectivity index (χ1n) is 7.88. The van der Waals surface area contributed by atoms with Crippen LogP contribution in [0, 0.1) is 0 Å². The summed E-state index contributed by atoms with van der Waals surface area (Å²) in [5, 5.41) is 0. The van der Waals surface area contributed by atoms with Gasteiger partial charge in [0.05, 0.1) is 6.54 Å². The van der Waals surface area contributed by atoms with Gasteiger partial charge in [0.1, 0.15) is 0 Å². The van der Waals surface area contributed by atoms with Crippen molar-refractivity contribution in [3.63, 3.8) is 0 Å². The van der Waals surface area contributed by atoms with E-state index in [1.807, 2.05) is 19.0 Å². The van der Waals surface area contributed by atoms with E-state index in [9.17, 15) is 4.79 Å². The summed E-state index contributed by atoms with van der Waals surface area (Å²) >= 11 is 0. The Morgan fingerprint density at radius 2 is 1.86 bits per heavy atom. The van der Waals surface area contributed by atoms with Crippen molar-refractivity contribution in [2.24, 2.45) is 0 Å². The van der Waals surface area contributed by atoms with Crippen molar-refractivity contribution in [2.45, 2.75) is 58.3 Å². The Balaban J connectivity index is 2.60. The van der Waals surface area contributed by atoms with Crippen LogP contribution >= 0.6 is 0 Å². The van der Waals surface area contributed by atoms with Crippen molar-refractivity contribution in [3.8, 4) is 0 Å². The summed E-state index contributed by atoms with van der Waals surface area (Å²) in [4.78, 5) is 14.6. The predicted octanol–water partition coefficient (Wildman–Crippen LogP) is 3.95. The lowest BCUT2D eigenvalue weighted by Gasteiger charge is -2.26. The fourth-order valence-corrected chi connectivity index (χ4v) is 3.17. The Hall–Kier alpha value is -1.15. The zero-order valence-corrected chi connectivity index (χ0v) is 14.6. The van der Waals surface area contributed by atoms with Crippen molar-refractivity contribution in [1.29, 1.82) is 0 Å². The largest absolute Gasteiger partial charge is 0.302 e. The van der Waals surface area contributed by atoms with Gasteiger partial charge in [0.15, 0.2) is 5.78 Å². The molecular weight excluding hydrogens is 258 g/mol. The lowest BCUT2D eigenvalue weighted by Crippen LogP contribution is -2.24. The molecule has 2 heteroatoms. The Labute approximate surface area is 129 Å². The van der Waals surface area contributed by atoms with Crippen LogP contribution in [0.2, 0.25) is 0 Å². The van der Waals surface area contributed by atoms with E-state index >= 15 is 0 Å². The number of hydrogen-bond donors (Lipinski definition) is 0.